The van der Waals surface area contributed by atoms with E-state index in [1.54, 1.807) is 0 Å². The van der Waals surface area contributed by atoms with Crippen molar-refractivity contribution in [2.24, 2.45) is 0 Å². The Morgan fingerprint density at radius 3 is 2.22 bits per heavy atom. The molecule has 122 valence electrons. The largest absolute Gasteiger partial charge is 0.453 e. The lowest BCUT2D eigenvalue weighted by molar-refractivity contribution is -0.387. The zero-order chi connectivity index (χ0) is 17.4. The SMILES string of the molecule is O=[N+]([O-])c1ccc(Oc2c(F)cc(C(F)(F)F)cc2Cl)cc1F. The molecule has 0 aliphatic rings. The van der Waals surface area contributed by atoms with Gasteiger partial charge in [0.15, 0.2) is 11.6 Å². The Morgan fingerprint density at radius 2 is 1.74 bits per heavy atom. The number of nitro groups is 1. The van der Waals surface area contributed by atoms with Crippen molar-refractivity contribution < 1.29 is 31.6 Å². The summed E-state index contributed by atoms with van der Waals surface area (Å²) in [4.78, 5) is 9.49. The quantitative estimate of drug-likeness (QED) is 0.425. The molecule has 0 aromatic heterocycles. The van der Waals surface area contributed by atoms with E-state index in [2.05, 4.69) is 0 Å². The van der Waals surface area contributed by atoms with Crippen LogP contribution in [0.4, 0.5) is 27.6 Å². The Morgan fingerprint density at radius 1 is 1.09 bits per heavy atom. The summed E-state index contributed by atoms with van der Waals surface area (Å²) in [6, 6.07) is 2.92. The first-order chi connectivity index (χ1) is 10.6. The number of benzene rings is 2. The Bertz CT molecular complexity index is 756. The summed E-state index contributed by atoms with van der Waals surface area (Å²) in [6.07, 6.45) is -4.80. The summed E-state index contributed by atoms with van der Waals surface area (Å²) in [5.74, 6) is -3.79. The van der Waals surface area contributed by atoms with Gasteiger partial charge in [-0.25, -0.2) is 4.39 Å². The number of rotatable bonds is 3. The summed E-state index contributed by atoms with van der Waals surface area (Å²) in [5.41, 5.74) is -2.15. The summed E-state index contributed by atoms with van der Waals surface area (Å²) >= 11 is 5.55. The molecule has 0 N–H and O–H groups in total. The molecule has 23 heavy (non-hydrogen) atoms. The zero-order valence-corrected chi connectivity index (χ0v) is 11.6. The molecule has 0 amide bonds. The van der Waals surface area contributed by atoms with Crippen molar-refractivity contribution >= 4 is 17.3 Å². The molecule has 0 unspecified atom stereocenters. The van der Waals surface area contributed by atoms with Crippen molar-refractivity contribution in [3.05, 3.63) is 62.7 Å². The van der Waals surface area contributed by atoms with E-state index in [1.807, 2.05) is 0 Å². The molecule has 0 aliphatic heterocycles. The van der Waals surface area contributed by atoms with E-state index >= 15 is 0 Å². The molecular formula is C13H5ClF5NO3. The molecule has 0 fully saturated rings. The topological polar surface area (TPSA) is 52.4 Å². The van der Waals surface area contributed by atoms with E-state index in [0.717, 1.165) is 12.1 Å². The van der Waals surface area contributed by atoms with Gasteiger partial charge in [0.25, 0.3) is 0 Å². The second kappa shape index (κ2) is 5.99. The Balaban J connectivity index is 2.38. The van der Waals surface area contributed by atoms with Crippen molar-refractivity contribution in [3.63, 3.8) is 0 Å². The third kappa shape index (κ3) is 3.67. The third-order valence-electron chi connectivity index (χ3n) is 2.66. The first kappa shape index (κ1) is 16.9. The zero-order valence-electron chi connectivity index (χ0n) is 10.8. The van der Waals surface area contributed by atoms with Crippen LogP contribution in [-0.4, -0.2) is 4.92 Å². The predicted molar refractivity (Wildman–Crippen MR) is 69.5 cm³/mol. The van der Waals surface area contributed by atoms with Gasteiger partial charge in [0.1, 0.15) is 5.75 Å². The second-order valence-corrected chi connectivity index (χ2v) is 4.65. The van der Waals surface area contributed by atoms with Gasteiger partial charge in [-0.2, -0.15) is 17.6 Å². The van der Waals surface area contributed by atoms with Gasteiger partial charge in [0.2, 0.25) is 5.82 Å². The first-order valence-electron chi connectivity index (χ1n) is 5.77. The Labute approximate surface area is 130 Å². The molecule has 2 rings (SSSR count). The first-order valence-corrected chi connectivity index (χ1v) is 6.15. The van der Waals surface area contributed by atoms with Crippen LogP contribution in [0.5, 0.6) is 11.5 Å². The van der Waals surface area contributed by atoms with E-state index in [0.29, 0.717) is 12.1 Å². The van der Waals surface area contributed by atoms with Crippen LogP contribution < -0.4 is 4.74 Å². The van der Waals surface area contributed by atoms with Crippen molar-refractivity contribution in [1.29, 1.82) is 0 Å². The van der Waals surface area contributed by atoms with Crippen LogP contribution in [-0.2, 0) is 6.18 Å². The molecule has 0 aliphatic carbocycles. The maximum absolute atomic E-state index is 13.7. The monoisotopic (exact) mass is 353 g/mol. The molecule has 2 aromatic rings. The average molecular weight is 354 g/mol. The normalized spacial score (nSPS) is 11.4. The van der Waals surface area contributed by atoms with Gasteiger partial charge in [-0.1, -0.05) is 11.6 Å². The van der Waals surface area contributed by atoms with Crippen LogP contribution in [0.15, 0.2) is 30.3 Å². The second-order valence-electron chi connectivity index (χ2n) is 4.24. The van der Waals surface area contributed by atoms with Gasteiger partial charge in [-0.3, -0.25) is 10.1 Å². The minimum atomic E-state index is -4.80. The van der Waals surface area contributed by atoms with Crippen LogP contribution >= 0.6 is 11.6 Å². The lowest BCUT2D eigenvalue weighted by atomic mass is 10.2. The molecule has 0 saturated carbocycles. The lowest BCUT2D eigenvalue weighted by Crippen LogP contribution is -2.06. The molecule has 0 atom stereocenters. The molecule has 2 aromatic carbocycles. The van der Waals surface area contributed by atoms with Gasteiger partial charge in [-0.05, 0) is 18.2 Å². The number of ether oxygens (including phenoxy) is 1. The standard InChI is InChI=1S/C13H5ClF5NO3/c14-8-3-6(13(17,18)19)4-10(16)12(8)23-7-1-2-11(20(21)22)9(15)5-7/h1-5H. The fraction of sp³-hybridized carbons (Fsp3) is 0.0769. The molecule has 0 heterocycles. The highest BCUT2D eigenvalue weighted by atomic mass is 35.5. The van der Waals surface area contributed by atoms with Gasteiger partial charge >= 0.3 is 11.9 Å². The highest BCUT2D eigenvalue weighted by Crippen LogP contribution is 2.39. The molecule has 0 radical (unpaired) electrons. The predicted octanol–water partition coefficient (Wildman–Crippen LogP) is 5.34. The van der Waals surface area contributed by atoms with Crippen LogP contribution in [0, 0.1) is 21.7 Å². The molecule has 0 spiro atoms. The average Bonchev–Trinajstić information content (AvgIpc) is 2.41. The molecular weight excluding hydrogens is 349 g/mol. The maximum Gasteiger partial charge on any atom is 0.416 e. The number of nitrogens with zero attached hydrogens (tertiary/aromatic N) is 1. The molecule has 0 bridgehead atoms. The summed E-state index contributed by atoms with van der Waals surface area (Å²) < 4.78 is 69.5. The fourth-order valence-corrected chi connectivity index (χ4v) is 1.88. The van der Waals surface area contributed by atoms with Crippen LogP contribution in [0.2, 0.25) is 5.02 Å². The smallest absolute Gasteiger partial charge is 0.416 e. The van der Waals surface area contributed by atoms with Gasteiger partial charge < -0.3 is 4.74 Å². The van der Waals surface area contributed by atoms with Crippen molar-refractivity contribution in [1.82, 2.24) is 0 Å². The lowest BCUT2D eigenvalue weighted by Gasteiger charge is -2.12. The number of halogens is 6. The Hall–Kier alpha value is -2.42. The highest BCUT2D eigenvalue weighted by Gasteiger charge is 2.32. The number of alkyl halides is 3. The van der Waals surface area contributed by atoms with Crippen LogP contribution in [0.3, 0.4) is 0 Å². The summed E-state index contributed by atoms with van der Waals surface area (Å²) in [7, 11) is 0. The number of hydrogen-bond donors (Lipinski definition) is 0. The van der Waals surface area contributed by atoms with Crippen LogP contribution in [0.25, 0.3) is 0 Å². The molecule has 0 saturated heterocycles. The van der Waals surface area contributed by atoms with Crippen molar-refractivity contribution in [2.75, 3.05) is 0 Å². The van der Waals surface area contributed by atoms with E-state index in [-0.39, 0.29) is 11.8 Å². The highest BCUT2D eigenvalue weighted by molar-refractivity contribution is 6.32. The molecule has 10 heteroatoms. The van der Waals surface area contributed by atoms with E-state index in [4.69, 9.17) is 16.3 Å². The summed E-state index contributed by atoms with van der Waals surface area (Å²) in [5, 5.41) is 9.78. The maximum atomic E-state index is 13.7. The van der Waals surface area contributed by atoms with E-state index < -0.39 is 44.8 Å². The third-order valence-corrected chi connectivity index (χ3v) is 2.94. The van der Waals surface area contributed by atoms with E-state index in [9.17, 15) is 32.1 Å². The minimum Gasteiger partial charge on any atom is -0.453 e. The van der Waals surface area contributed by atoms with Gasteiger partial charge in [-0.15, -0.1) is 0 Å². The van der Waals surface area contributed by atoms with E-state index in [1.165, 1.54) is 0 Å². The van der Waals surface area contributed by atoms with Gasteiger partial charge in [0.05, 0.1) is 15.5 Å². The van der Waals surface area contributed by atoms with Crippen LogP contribution in [0.1, 0.15) is 5.56 Å². The minimum absolute atomic E-state index is 0.170. The van der Waals surface area contributed by atoms with Gasteiger partial charge in [0, 0.05) is 12.1 Å². The van der Waals surface area contributed by atoms with Crippen molar-refractivity contribution in [3.8, 4) is 11.5 Å². The van der Waals surface area contributed by atoms with Crippen molar-refractivity contribution in [2.45, 2.75) is 6.18 Å². The fourth-order valence-electron chi connectivity index (χ4n) is 1.64. The number of hydrogen-bond acceptors (Lipinski definition) is 3. The molecule has 4 nitrogen and oxygen atoms in total. The number of nitro benzene ring substituents is 1. The summed E-state index contributed by atoms with van der Waals surface area (Å²) in [6.45, 7) is 0. The Kier molecular flexibility index (Phi) is 4.42.